The van der Waals surface area contributed by atoms with Gasteiger partial charge in [0.05, 0.1) is 39.4 Å². The number of benzene rings is 2. The Balaban J connectivity index is 1.57. The maximum absolute atomic E-state index is 11.8. The lowest BCUT2D eigenvalue weighted by Gasteiger charge is -2.09. The maximum atomic E-state index is 11.8. The van der Waals surface area contributed by atoms with Gasteiger partial charge in [0.25, 0.3) is 0 Å². The molecule has 1 aliphatic heterocycles. The molecule has 0 spiro atoms. The molecule has 0 saturated carbocycles. The Bertz CT molecular complexity index is 1310. The molecule has 0 aliphatic carbocycles. The zero-order valence-corrected chi connectivity index (χ0v) is 21.6. The smallest absolute Gasteiger partial charge is 0.213 e. The summed E-state index contributed by atoms with van der Waals surface area (Å²) in [7, 11) is 2.75. The Morgan fingerprint density at radius 3 is 2.78 bits per heavy atom. The number of aryl methyl sites for hydroxylation is 1. The molecule has 1 unspecified atom stereocenters. The molecule has 3 aromatic rings. The molecule has 0 bridgehead atoms. The van der Waals surface area contributed by atoms with Crippen LogP contribution in [0.4, 0.5) is 5.69 Å². The summed E-state index contributed by atoms with van der Waals surface area (Å²) in [5.41, 5.74) is 4.49. The molecule has 0 amide bonds. The van der Waals surface area contributed by atoms with Gasteiger partial charge < -0.3 is 4.74 Å². The van der Waals surface area contributed by atoms with Gasteiger partial charge in [-0.15, -0.1) is 0 Å². The highest BCUT2D eigenvalue weighted by molar-refractivity contribution is 9.10. The number of pyridine rings is 1. The molecule has 2 heterocycles. The Morgan fingerprint density at radius 2 is 2.03 bits per heavy atom. The van der Waals surface area contributed by atoms with Crippen molar-refractivity contribution >= 4 is 61.4 Å². The van der Waals surface area contributed by atoms with E-state index < -0.39 is 10.8 Å². The third-order valence-corrected chi connectivity index (χ3v) is 8.26. The van der Waals surface area contributed by atoms with Crippen LogP contribution in [0, 0.1) is 0 Å². The highest BCUT2D eigenvalue weighted by atomic mass is 79.9. The molecular formula is C25H24BrN2O2S2+. The first-order valence-electron chi connectivity index (χ1n) is 10.0. The Morgan fingerprint density at radius 1 is 1.22 bits per heavy atom. The van der Waals surface area contributed by atoms with Crippen molar-refractivity contribution in [2.45, 2.75) is 16.7 Å². The zero-order chi connectivity index (χ0) is 22.8. The Labute approximate surface area is 204 Å². The van der Waals surface area contributed by atoms with Gasteiger partial charge in [0.1, 0.15) is 12.8 Å². The van der Waals surface area contributed by atoms with Crippen molar-refractivity contribution < 1.29 is 13.5 Å². The van der Waals surface area contributed by atoms with Crippen LogP contribution in [0.2, 0.25) is 0 Å². The topological polar surface area (TPSA) is 33.4 Å². The van der Waals surface area contributed by atoms with Crippen LogP contribution >= 0.6 is 27.9 Å². The second-order valence-electron chi connectivity index (χ2n) is 7.48. The standard InChI is InChI=1S/C25H24BrN2O2S2/c1-17(5-7-18-13-14-27(2)22-10-8-19(30-3)15-21(18)22)6-12-25-28(26)23-11-9-20(32(4)29)16-24(23)31-25/h5-16H,1-4H3/q+1. The van der Waals surface area contributed by atoms with Crippen LogP contribution in [-0.4, -0.2) is 17.6 Å². The van der Waals surface area contributed by atoms with Gasteiger partial charge in [0, 0.05) is 39.0 Å². The lowest BCUT2D eigenvalue weighted by atomic mass is 10.1. The van der Waals surface area contributed by atoms with E-state index in [1.165, 1.54) is 0 Å². The molecule has 0 radical (unpaired) electrons. The molecule has 164 valence electrons. The molecule has 0 saturated heterocycles. The number of halogens is 1. The number of fused-ring (bicyclic) bond motifs is 2. The number of hydrogen-bond donors (Lipinski definition) is 0. The third kappa shape index (κ3) is 4.70. The van der Waals surface area contributed by atoms with Crippen molar-refractivity contribution in [2.75, 3.05) is 17.3 Å². The lowest BCUT2D eigenvalue weighted by molar-refractivity contribution is -0.644. The van der Waals surface area contributed by atoms with Crippen LogP contribution in [0.3, 0.4) is 0 Å². The maximum Gasteiger partial charge on any atom is 0.213 e. The van der Waals surface area contributed by atoms with Crippen LogP contribution in [0.25, 0.3) is 17.0 Å². The van der Waals surface area contributed by atoms with Crippen molar-refractivity contribution in [3.05, 3.63) is 83.1 Å². The molecule has 32 heavy (non-hydrogen) atoms. The number of ether oxygens (including phenoxy) is 1. The number of nitrogens with zero attached hydrogens (tertiary/aromatic N) is 2. The van der Waals surface area contributed by atoms with Crippen LogP contribution in [0.5, 0.6) is 5.75 Å². The second-order valence-corrected chi connectivity index (χ2v) is 10.6. The number of methoxy groups -OCH3 is 1. The minimum atomic E-state index is -0.987. The third-order valence-electron chi connectivity index (χ3n) is 5.27. The first kappa shape index (κ1) is 22.8. The van der Waals surface area contributed by atoms with E-state index in [0.29, 0.717) is 0 Å². The normalized spacial score (nSPS) is 16.2. The summed E-state index contributed by atoms with van der Waals surface area (Å²) in [4.78, 5) is 1.94. The molecule has 1 aliphatic rings. The predicted molar refractivity (Wildman–Crippen MR) is 139 cm³/mol. The molecule has 4 rings (SSSR count). The summed E-state index contributed by atoms with van der Waals surface area (Å²) in [5, 5.41) is 2.21. The zero-order valence-electron chi connectivity index (χ0n) is 18.3. The largest absolute Gasteiger partial charge is 0.497 e. The predicted octanol–water partition coefficient (Wildman–Crippen LogP) is 6.13. The molecule has 1 atom stereocenters. The van der Waals surface area contributed by atoms with Crippen molar-refractivity contribution in [3.63, 3.8) is 0 Å². The van der Waals surface area contributed by atoms with Crippen LogP contribution in [0.15, 0.2) is 87.3 Å². The molecule has 4 nitrogen and oxygen atoms in total. The van der Waals surface area contributed by atoms with Gasteiger partial charge in [-0.3, -0.25) is 8.13 Å². The van der Waals surface area contributed by atoms with E-state index in [0.717, 1.165) is 48.3 Å². The second kappa shape index (κ2) is 9.65. The lowest BCUT2D eigenvalue weighted by Crippen LogP contribution is -2.28. The van der Waals surface area contributed by atoms with E-state index in [4.69, 9.17) is 4.74 Å². The fourth-order valence-corrected chi connectivity index (χ4v) is 5.83. The Kier molecular flexibility index (Phi) is 6.88. The molecule has 2 aromatic carbocycles. The van der Waals surface area contributed by atoms with Gasteiger partial charge in [-0.05, 0) is 48.9 Å². The van der Waals surface area contributed by atoms with E-state index in [1.54, 1.807) is 25.1 Å². The van der Waals surface area contributed by atoms with Gasteiger partial charge in [-0.2, -0.15) is 0 Å². The molecule has 0 N–H and O–H groups in total. The van der Waals surface area contributed by atoms with Gasteiger partial charge in [0.2, 0.25) is 5.52 Å². The summed E-state index contributed by atoms with van der Waals surface area (Å²) in [6.07, 6.45) is 12.2. The summed E-state index contributed by atoms with van der Waals surface area (Å²) in [6, 6.07) is 14.2. The number of hydrogen-bond acceptors (Lipinski definition) is 4. The SMILES string of the molecule is COc1ccc2c(c1)c(/C=C/C(C)=C/C=C1\Sc3cc(S(C)=O)ccc3N1Br)cc[n+]2C. The van der Waals surface area contributed by atoms with E-state index in [-0.39, 0.29) is 0 Å². The number of thioether (sulfide) groups is 1. The minimum absolute atomic E-state index is 0.841. The van der Waals surface area contributed by atoms with Gasteiger partial charge >= 0.3 is 0 Å². The number of allylic oxidation sites excluding steroid dienone is 4. The summed E-state index contributed by atoms with van der Waals surface area (Å²) < 4.78 is 21.3. The Hall–Kier alpha value is -2.35. The summed E-state index contributed by atoms with van der Waals surface area (Å²) in [6.45, 7) is 2.09. The minimum Gasteiger partial charge on any atom is -0.497 e. The van der Waals surface area contributed by atoms with Crippen molar-refractivity contribution in [1.82, 2.24) is 0 Å². The highest BCUT2D eigenvalue weighted by Gasteiger charge is 2.23. The molecule has 1 aromatic heterocycles. The molecule has 7 heteroatoms. The van der Waals surface area contributed by atoms with Gasteiger partial charge in [0.15, 0.2) is 6.20 Å². The number of aromatic nitrogens is 1. The number of anilines is 1. The van der Waals surface area contributed by atoms with E-state index in [2.05, 4.69) is 76.3 Å². The average molecular weight is 529 g/mol. The molecule has 0 fully saturated rings. The number of rotatable bonds is 5. The fraction of sp³-hybridized carbons (Fsp3) is 0.160. The van der Waals surface area contributed by atoms with Gasteiger partial charge in [-0.25, -0.2) is 4.57 Å². The average Bonchev–Trinajstić information content (AvgIpc) is 3.11. The van der Waals surface area contributed by atoms with E-state index in [9.17, 15) is 4.21 Å². The summed E-state index contributed by atoms with van der Waals surface area (Å²) >= 11 is 5.31. The van der Waals surface area contributed by atoms with Crippen LogP contribution < -0.4 is 13.2 Å². The van der Waals surface area contributed by atoms with Gasteiger partial charge in [-0.1, -0.05) is 35.6 Å². The monoisotopic (exact) mass is 527 g/mol. The summed E-state index contributed by atoms with van der Waals surface area (Å²) in [5.74, 6) is 0.848. The van der Waals surface area contributed by atoms with Crippen LogP contribution in [-0.2, 0) is 17.8 Å². The van der Waals surface area contributed by atoms with E-state index >= 15 is 0 Å². The van der Waals surface area contributed by atoms with Crippen molar-refractivity contribution in [2.24, 2.45) is 7.05 Å². The first-order chi connectivity index (χ1) is 15.4. The first-order valence-corrected chi connectivity index (χ1v) is 13.1. The van der Waals surface area contributed by atoms with Crippen molar-refractivity contribution in [3.8, 4) is 5.75 Å². The fourth-order valence-electron chi connectivity index (χ4n) is 3.46. The quantitative estimate of drug-likeness (QED) is 0.227. The van der Waals surface area contributed by atoms with E-state index in [1.807, 2.05) is 35.2 Å². The highest BCUT2D eigenvalue weighted by Crippen LogP contribution is 2.48. The van der Waals surface area contributed by atoms with Crippen LogP contribution in [0.1, 0.15) is 12.5 Å². The van der Waals surface area contributed by atoms with Crippen molar-refractivity contribution in [1.29, 1.82) is 0 Å². The molecular weight excluding hydrogens is 504 g/mol.